The van der Waals surface area contributed by atoms with Gasteiger partial charge < -0.3 is 16.0 Å². The summed E-state index contributed by atoms with van der Waals surface area (Å²) in [6.07, 6.45) is 4.20. The molecule has 1 aromatic rings. The number of hydrogen-bond acceptors (Lipinski definition) is 4. The highest BCUT2D eigenvalue weighted by atomic mass is 16.2. The van der Waals surface area contributed by atoms with Crippen LogP contribution in [-0.2, 0) is 4.79 Å². The van der Waals surface area contributed by atoms with E-state index in [4.69, 9.17) is 0 Å². The average molecular weight is 276 g/mol. The SMILES string of the molecule is CCNC(=O)c1cc(NCCC(=O)NC2CC2)ccn1. The molecule has 0 unspecified atom stereocenters. The molecule has 0 bridgehead atoms. The number of nitrogens with zero attached hydrogens (tertiary/aromatic N) is 1. The molecule has 1 saturated carbocycles. The number of carbonyl (C=O) groups is 2. The maximum Gasteiger partial charge on any atom is 0.269 e. The van der Waals surface area contributed by atoms with Crippen LogP contribution in [0.3, 0.4) is 0 Å². The first-order valence-electron chi connectivity index (χ1n) is 6.96. The molecular weight excluding hydrogens is 256 g/mol. The molecule has 108 valence electrons. The summed E-state index contributed by atoms with van der Waals surface area (Å²) in [6.45, 7) is 2.97. The van der Waals surface area contributed by atoms with Crippen LogP contribution in [0, 0.1) is 0 Å². The lowest BCUT2D eigenvalue weighted by atomic mass is 10.3. The Balaban J connectivity index is 1.78. The molecule has 1 aliphatic carbocycles. The van der Waals surface area contributed by atoms with Crippen molar-refractivity contribution in [2.75, 3.05) is 18.4 Å². The maximum absolute atomic E-state index is 11.6. The minimum absolute atomic E-state index is 0.0676. The largest absolute Gasteiger partial charge is 0.384 e. The van der Waals surface area contributed by atoms with Crippen LogP contribution in [0.25, 0.3) is 0 Å². The van der Waals surface area contributed by atoms with Crippen LogP contribution in [-0.4, -0.2) is 35.9 Å². The minimum Gasteiger partial charge on any atom is -0.384 e. The van der Waals surface area contributed by atoms with Crippen molar-refractivity contribution in [1.29, 1.82) is 0 Å². The van der Waals surface area contributed by atoms with Crippen LogP contribution >= 0.6 is 0 Å². The molecule has 0 spiro atoms. The van der Waals surface area contributed by atoms with Crippen molar-refractivity contribution in [1.82, 2.24) is 15.6 Å². The van der Waals surface area contributed by atoms with E-state index in [1.165, 1.54) is 0 Å². The molecule has 20 heavy (non-hydrogen) atoms. The third kappa shape index (κ3) is 4.53. The molecule has 1 fully saturated rings. The lowest BCUT2D eigenvalue weighted by Crippen LogP contribution is -2.27. The zero-order chi connectivity index (χ0) is 14.4. The zero-order valence-corrected chi connectivity index (χ0v) is 11.6. The van der Waals surface area contributed by atoms with Crippen LogP contribution in [0.2, 0.25) is 0 Å². The molecule has 6 heteroatoms. The summed E-state index contributed by atoms with van der Waals surface area (Å²) in [5, 5.41) is 8.76. The van der Waals surface area contributed by atoms with Gasteiger partial charge >= 0.3 is 0 Å². The molecule has 0 atom stereocenters. The first-order chi connectivity index (χ1) is 9.69. The summed E-state index contributed by atoms with van der Waals surface area (Å²) in [5.41, 5.74) is 1.17. The summed E-state index contributed by atoms with van der Waals surface area (Å²) in [7, 11) is 0. The van der Waals surface area contributed by atoms with E-state index >= 15 is 0 Å². The van der Waals surface area contributed by atoms with E-state index in [-0.39, 0.29) is 11.8 Å². The third-order valence-electron chi connectivity index (χ3n) is 2.95. The van der Waals surface area contributed by atoms with Gasteiger partial charge in [-0.2, -0.15) is 0 Å². The average Bonchev–Trinajstić information content (AvgIpc) is 3.23. The van der Waals surface area contributed by atoms with Crippen molar-refractivity contribution < 1.29 is 9.59 Å². The van der Waals surface area contributed by atoms with Gasteiger partial charge in [0.1, 0.15) is 5.69 Å². The number of amides is 2. The summed E-state index contributed by atoms with van der Waals surface area (Å²) in [4.78, 5) is 27.2. The van der Waals surface area contributed by atoms with Gasteiger partial charge in [0.25, 0.3) is 5.91 Å². The fourth-order valence-electron chi connectivity index (χ4n) is 1.76. The maximum atomic E-state index is 11.6. The van der Waals surface area contributed by atoms with Crippen molar-refractivity contribution in [2.24, 2.45) is 0 Å². The second-order valence-electron chi connectivity index (χ2n) is 4.81. The zero-order valence-electron chi connectivity index (χ0n) is 11.6. The van der Waals surface area contributed by atoms with Crippen molar-refractivity contribution in [3.63, 3.8) is 0 Å². The van der Waals surface area contributed by atoms with Crippen molar-refractivity contribution >= 4 is 17.5 Å². The molecule has 2 rings (SSSR count). The van der Waals surface area contributed by atoms with Gasteiger partial charge in [-0.15, -0.1) is 0 Å². The minimum atomic E-state index is -0.192. The molecule has 0 saturated heterocycles. The Morgan fingerprint density at radius 1 is 1.40 bits per heavy atom. The van der Waals surface area contributed by atoms with Gasteiger partial charge in [0.15, 0.2) is 0 Å². The van der Waals surface area contributed by atoms with Crippen LogP contribution in [0.5, 0.6) is 0 Å². The van der Waals surface area contributed by atoms with Gasteiger partial charge in [0.2, 0.25) is 5.91 Å². The van der Waals surface area contributed by atoms with Gasteiger partial charge in [-0.1, -0.05) is 0 Å². The van der Waals surface area contributed by atoms with E-state index in [2.05, 4.69) is 20.9 Å². The van der Waals surface area contributed by atoms with Crippen molar-refractivity contribution in [3.05, 3.63) is 24.0 Å². The summed E-state index contributed by atoms with van der Waals surface area (Å²) in [5.74, 6) is -0.124. The molecule has 2 amide bonds. The fourth-order valence-corrected chi connectivity index (χ4v) is 1.76. The highest BCUT2D eigenvalue weighted by molar-refractivity contribution is 5.93. The van der Waals surface area contributed by atoms with Crippen molar-refractivity contribution in [2.45, 2.75) is 32.2 Å². The number of rotatable bonds is 7. The Kier molecular flexibility index (Phi) is 4.92. The molecule has 0 aliphatic heterocycles. The van der Waals surface area contributed by atoms with Crippen LogP contribution < -0.4 is 16.0 Å². The molecule has 3 N–H and O–H groups in total. The molecule has 1 heterocycles. The molecule has 0 radical (unpaired) electrons. The molecule has 1 aliphatic rings. The van der Waals surface area contributed by atoms with E-state index in [0.29, 0.717) is 31.2 Å². The molecule has 0 aromatic carbocycles. The third-order valence-corrected chi connectivity index (χ3v) is 2.95. The number of carbonyl (C=O) groups excluding carboxylic acids is 2. The van der Waals surface area contributed by atoms with Crippen molar-refractivity contribution in [3.8, 4) is 0 Å². The normalized spacial score (nSPS) is 13.7. The Morgan fingerprint density at radius 3 is 2.90 bits per heavy atom. The predicted octanol–water partition coefficient (Wildman–Crippen LogP) is 0.912. The Morgan fingerprint density at radius 2 is 2.20 bits per heavy atom. The molecular formula is C14H20N4O2. The Bertz CT molecular complexity index is 486. The van der Waals surface area contributed by atoms with Crippen LogP contribution in [0.4, 0.5) is 5.69 Å². The van der Waals surface area contributed by atoms with Gasteiger partial charge in [-0.05, 0) is 31.9 Å². The highest BCUT2D eigenvalue weighted by Crippen LogP contribution is 2.18. The predicted molar refractivity (Wildman–Crippen MR) is 76.5 cm³/mol. The van der Waals surface area contributed by atoms with Crippen LogP contribution in [0.15, 0.2) is 18.3 Å². The van der Waals surface area contributed by atoms with E-state index < -0.39 is 0 Å². The van der Waals surface area contributed by atoms with E-state index in [0.717, 1.165) is 18.5 Å². The van der Waals surface area contributed by atoms with Crippen LogP contribution in [0.1, 0.15) is 36.7 Å². The summed E-state index contributed by atoms with van der Waals surface area (Å²) >= 11 is 0. The number of anilines is 1. The van der Waals surface area contributed by atoms with E-state index in [1.807, 2.05) is 6.92 Å². The van der Waals surface area contributed by atoms with E-state index in [1.54, 1.807) is 18.3 Å². The Hall–Kier alpha value is -2.11. The second kappa shape index (κ2) is 6.88. The number of hydrogen-bond donors (Lipinski definition) is 3. The lowest BCUT2D eigenvalue weighted by molar-refractivity contribution is -0.120. The highest BCUT2D eigenvalue weighted by Gasteiger charge is 2.22. The quantitative estimate of drug-likeness (QED) is 0.691. The Labute approximate surface area is 118 Å². The van der Waals surface area contributed by atoms with Gasteiger partial charge in [-0.3, -0.25) is 14.6 Å². The standard InChI is InChI=1S/C14H20N4O2/c1-2-15-14(20)12-9-11(5-7-17-12)16-8-6-13(19)18-10-3-4-10/h5,7,9-10H,2-4,6,8H2,1H3,(H,15,20)(H,16,17)(H,18,19). The number of pyridine rings is 1. The topological polar surface area (TPSA) is 83.1 Å². The first-order valence-corrected chi connectivity index (χ1v) is 6.96. The number of aromatic nitrogens is 1. The summed E-state index contributed by atoms with van der Waals surface area (Å²) in [6, 6.07) is 3.86. The summed E-state index contributed by atoms with van der Waals surface area (Å²) < 4.78 is 0. The lowest BCUT2D eigenvalue weighted by Gasteiger charge is -2.08. The number of nitrogens with one attached hydrogen (secondary N) is 3. The monoisotopic (exact) mass is 276 g/mol. The first kappa shape index (κ1) is 14.3. The van der Waals surface area contributed by atoms with Gasteiger partial charge in [0.05, 0.1) is 0 Å². The smallest absolute Gasteiger partial charge is 0.269 e. The van der Waals surface area contributed by atoms with Gasteiger partial charge in [-0.25, -0.2) is 0 Å². The second-order valence-corrected chi connectivity index (χ2v) is 4.81. The molecule has 1 aromatic heterocycles. The van der Waals surface area contributed by atoms with E-state index in [9.17, 15) is 9.59 Å². The molecule has 6 nitrogen and oxygen atoms in total. The fraction of sp³-hybridized carbons (Fsp3) is 0.500. The van der Waals surface area contributed by atoms with Gasteiger partial charge in [0, 0.05) is 37.4 Å².